The molecule has 1 aliphatic heterocycles. The molecule has 3 rings (SSSR count). The van der Waals surface area contributed by atoms with E-state index in [0.29, 0.717) is 11.8 Å². The second-order valence-corrected chi connectivity index (χ2v) is 6.56. The minimum Gasteiger partial charge on any atom is -0.338 e. The van der Waals surface area contributed by atoms with Crippen LogP contribution in [-0.2, 0) is 19.5 Å². The monoisotopic (exact) mass is 304 g/mol. The Morgan fingerprint density at radius 2 is 2.32 bits per heavy atom. The molecule has 2 aromatic rings. The van der Waals surface area contributed by atoms with Crippen LogP contribution in [0.4, 0.5) is 0 Å². The third kappa shape index (κ3) is 4.13. The lowest BCUT2D eigenvalue weighted by atomic mass is 9.98. The van der Waals surface area contributed by atoms with Gasteiger partial charge in [-0.25, -0.2) is 4.98 Å². The second-order valence-electron chi connectivity index (χ2n) is 6.56. The van der Waals surface area contributed by atoms with Crippen LogP contribution in [0.2, 0.25) is 0 Å². The van der Waals surface area contributed by atoms with Crippen LogP contribution in [0.25, 0.3) is 0 Å². The summed E-state index contributed by atoms with van der Waals surface area (Å²) in [6.07, 6.45) is 6.69. The maximum Gasteiger partial charge on any atom is 0.240 e. The molecule has 2 aromatic heterocycles. The van der Waals surface area contributed by atoms with E-state index in [4.69, 9.17) is 4.52 Å². The van der Waals surface area contributed by atoms with Gasteiger partial charge in [0.15, 0.2) is 5.82 Å². The Morgan fingerprint density at radius 3 is 3.09 bits per heavy atom. The molecule has 0 N–H and O–H groups in total. The first-order valence-corrected chi connectivity index (χ1v) is 8.05. The van der Waals surface area contributed by atoms with Crippen LogP contribution in [0.15, 0.2) is 17.2 Å². The molecule has 0 saturated carbocycles. The first-order chi connectivity index (χ1) is 10.7. The molecule has 1 saturated heterocycles. The molecular weight excluding hydrogens is 280 g/mol. The van der Waals surface area contributed by atoms with Crippen molar-refractivity contribution in [2.45, 2.75) is 46.2 Å². The van der Waals surface area contributed by atoms with Crippen LogP contribution in [0.3, 0.4) is 0 Å². The highest BCUT2D eigenvalue weighted by molar-refractivity contribution is 4.88. The van der Waals surface area contributed by atoms with E-state index < -0.39 is 0 Å². The van der Waals surface area contributed by atoms with Crippen molar-refractivity contribution >= 4 is 0 Å². The number of rotatable bonds is 6. The average Bonchev–Trinajstić information content (AvgIpc) is 3.11. The molecular formula is C15H24N6O. The fraction of sp³-hybridized carbons (Fsp3) is 0.733. The Balaban J connectivity index is 1.52. The zero-order chi connectivity index (χ0) is 15.4. The maximum absolute atomic E-state index is 5.38. The van der Waals surface area contributed by atoms with Gasteiger partial charge in [0.1, 0.15) is 12.7 Å². The molecule has 0 aliphatic carbocycles. The summed E-state index contributed by atoms with van der Waals surface area (Å²) < 4.78 is 7.30. The van der Waals surface area contributed by atoms with Crippen molar-refractivity contribution in [1.29, 1.82) is 0 Å². The predicted octanol–water partition coefficient (Wildman–Crippen LogP) is 1.77. The Hall–Kier alpha value is -1.76. The number of nitrogens with zero attached hydrogens (tertiary/aromatic N) is 6. The number of piperidine rings is 1. The summed E-state index contributed by atoms with van der Waals surface area (Å²) in [5.41, 5.74) is 0. The number of hydrogen-bond acceptors (Lipinski definition) is 6. The van der Waals surface area contributed by atoms with Crippen LogP contribution >= 0.6 is 0 Å². The number of likely N-dealkylation sites (tertiary alicyclic amines) is 1. The highest BCUT2D eigenvalue weighted by Crippen LogP contribution is 2.19. The predicted molar refractivity (Wildman–Crippen MR) is 80.9 cm³/mol. The van der Waals surface area contributed by atoms with Crippen molar-refractivity contribution in [1.82, 2.24) is 29.8 Å². The fourth-order valence-corrected chi connectivity index (χ4v) is 3.03. The van der Waals surface area contributed by atoms with Gasteiger partial charge in [-0.2, -0.15) is 10.1 Å². The Morgan fingerprint density at radius 1 is 1.41 bits per heavy atom. The van der Waals surface area contributed by atoms with Crippen LogP contribution in [0.1, 0.15) is 38.4 Å². The standard InChI is InChI=1S/C15H24N6O/c1-12(2)6-14-18-15(22-19-14)9-20-5-3-4-13(7-20)8-21-11-16-10-17-21/h10-13H,3-9H2,1-2H3/t13-/m0/s1. The van der Waals surface area contributed by atoms with Gasteiger partial charge in [0.25, 0.3) is 0 Å². The first-order valence-electron chi connectivity index (χ1n) is 8.05. The van der Waals surface area contributed by atoms with Crippen molar-refractivity contribution in [3.63, 3.8) is 0 Å². The Labute approximate surface area is 130 Å². The van der Waals surface area contributed by atoms with Gasteiger partial charge in [0.2, 0.25) is 5.89 Å². The van der Waals surface area contributed by atoms with E-state index in [1.165, 1.54) is 12.8 Å². The van der Waals surface area contributed by atoms with Gasteiger partial charge < -0.3 is 4.52 Å². The minimum absolute atomic E-state index is 0.549. The molecule has 0 amide bonds. The molecule has 0 radical (unpaired) electrons. The van der Waals surface area contributed by atoms with Crippen LogP contribution in [0.5, 0.6) is 0 Å². The summed E-state index contributed by atoms with van der Waals surface area (Å²) in [6, 6.07) is 0. The van der Waals surface area contributed by atoms with Crippen LogP contribution in [-0.4, -0.2) is 42.9 Å². The van der Waals surface area contributed by atoms with Gasteiger partial charge in [0.05, 0.1) is 6.54 Å². The van der Waals surface area contributed by atoms with Crippen LogP contribution in [0, 0.1) is 11.8 Å². The zero-order valence-corrected chi connectivity index (χ0v) is 13.4. The Kier molecular flexibility index (Phi) is 4.82. The highest BCUT2D eigenvalue weighted by Gasteiger charge is 2.22. The van der Waals surface area contributed by atoms with Crippen molar-refractivity contribution < 1.29 is 4.52 Å². The third-order valence-electron chi connectivity index (χ3n) is 3.97. The summed E-state index contributed by atoms with van der Waals surface area (Å²) in [5, 5.41) is 8.26. The van der Waals surface area contributed by atoms with E-state index in [2.05, 4.69) is 39.0 Å². The second kappa shape index (κ2) is 7.00. The fourth-order valence-electron chi connectivity index (χ4n) is 3.03. The van der Waals surface area contributed by atoms with Crippen molar-refractivity contribution in [3.8, 4) is 0 Å². The van der Waals surface area contributed by atoms with Crippen molar-refractivity contribution in [3.05, 3.63) is 24.4 Å². The number of hydrogen-bond donors (Lipinski definition) is 0. The van der Waals surface area contributed by atoms with E-state index in [1.54, 1.807) is 12.7 Å². The normalized spacial score (nSPS) is 19.9. The van der Waals surface area contributed by atoms with Gasteiger partial charge in [-0.1, -0.05) is 19.0 Å². The molecule has 7 heteroatoms. The first kappa shape index (κ1) is 15.1. The summed E-state index contributed by atoms with van der Waals surface area (Å²) in [4.78, 5) is 10.9. The molecule has 0 bridgehead atoms. The van der Waals surface area contributed by atoms with Gasteiger partial charge >= 0.3 is 0 Å². The molecule has 7 nitrogen and oxygen atoms in total. The largest absolute Gasteiger partial charge is 0.338 e. The van der Waals surface area contributed by atoms with Gasteiger partial charge in [0, 0.05) is 19.5 Å². The molecule has 0 spiro atoms. The minimum atomic E-state index is 0.549. The van der Waals surface area contributed by atoms with Gasteiger partial charge in [-0.05, 0) is 31.2 Å². The summed E-state index contributed by atoms with van der Waals surface area (Å²) >= 11 is 0. The van der Waals surface area contributed by atoms with Gasteiger partial charge in [-0.3, -0.25) is 9.58 Å². The van der Waals surface area contributed by atoms with Crippen LogP contribution < -0.4 is 0 Å². The molecule has 0 aromatic carbocycles. The summed E-state index contributed by atoms with van der Waals surface area (Å²) in [7, 11) is 0. The zero-order valence-electron chi connectivity index (χ0n) is 13.4. The average molecular weight is 304 g/mol. The maximum atomic E-state index is 5.38. The molecule has 120 valence electrons. The van der Waals surface area contributed by atoms with E-state index in [0.717, 1.165) is 44.3 Å². The molecule has 22 heavy (non-hydrogen) atoms. The summed E-state index contributed by atoms with van der Waals surface area (Å²) in [5.74, 6) is 2.71. The molecule has 0 unspecified atom stereocenters. The van der Waals surface area contributed by atoms with E-state index in [1.807, 2.05) is 4.68 Å². The lowest BCUT2D eigenvalue weighted by molar-refractivity contribution is 0.138. The van der Waals surface area contributed by atoms with E-state index >= 15 is 0 Å². The SMILES string of the molecule is CC(C)Cc1noc(CN2CCC[C@H](Cn3cncn3)C2)n1. The highest BCUT2D eigenvalue weighted by atomic mass is 16.5. The summed E-state index contributed by atoms with van der Waals surface area (Å²) in [6.45, 7) is 8.14. The molecule has 1 aliphatic rings. The quantitative estimate of drug-likeness (QED) is 0.810. The topological polar surface area (TPSA) is 72.9 Å². The van der Waals surface area contributed by atoms with Crippen molar-refractivity contribution in [2.75, 3.05) is 13.1 Å². The third-order valence-corrected chi connectivity index (χ3v) is 3.97. The van der Waals surface area contributed by atoms with Gasteiger partial charge in [-0.15, -0.1) is 0 Å². The Bertz CT molecular complexity index is 564. The van der Waals surface area contributed by atoms with Crippen molar-refractivity contribution in [2.24, 2.45) is 11.8 Å². The smallest absolute Gasteiger partial charge is 0.240 e. The molecule has 1 atom stereocenters. The lowest BCUT2D eigenvalue weighted by Crippen LogP contribution is -2.36. The molecule has 3 heterocycles. The van der Waals surface area contributed by atoms with E-state index in [-0.39, 0.29) is 0 Å². The lowest BCUT2D eigenvalue weighted by Gasteiger charge is -2.31. The van der Waals surface area contributed by atoms with E-state index in [9.17, 15) is 0 Å². The molecule has 1 fully saturated rings. The number of aromatic nitrogens is 5.